The summed E-state index contributed by atoms with van der Waals surface area (Å²) in [5, 5.41) is 3.24. The molecular weight excluding hydrogens is 342 g/mol. The van der Waals surface area contributed by atoms with Crippen LogP contribution in [-0.2, 0) is 9.53 Å². The fourth-order valence-electron chi connectivity index (χ4n) is 3.42. The van der Waals surface area contributed by atoms with Gasteiger partial charge in [0.25, 0.3) is 0 Å². The Hall–Kier alpha value is -2.95. The Bertz CT molecular complexity index is 888. The maximum absolute atomic E-state index is 13.0. The summed E-state index contributed by atoms with van der Waals surface area (Å²) >= 11 is 0. The van der Waals surface area contributed by atoms with Crippen LogP contribution in [-0.4, -0.2) is 30.7 Å². The van der Waals surface area contributed by atoms with Gasteiger partial charge in [-0.1, -0.05) is 43.3 Å². The van der Waals surface area contributed by atoms with Gasteiger partial charge in [-0.25, -0.2) is 0 Å². The Labute approximate surface area is 158 Å². The number of hydrogen-bond donors (Lipinski definition) is 1. The molecule has 2 aromatic rings. The molecule has 0 aliphatic heterocycles. The number of esters is 1. The summed E-state index contributed by atoms with van der Waals surface area (Å²) in [4.78, 5) is 37.6. The van der Waals surface area contributed by atoms with E-state index in [4.69, 9.17) is 4.74 Å². The average molecular weight is 365 g/mol. The van der Waals surface area contributed by atoms with Crippen molar-refractivity contribution in [3.05, 3.63) is 64.7 Å². The Kier molecular flexibility index (Phi) is 5.69. The van der Waals surface area contributed by atoms with Crippen LogP contribution >= 0.6 is 0 Å². The first kappa shape index (κ1) is 18.8. The van der Waals surface area contributed by atoms with Gasteiger partial charge in [0.1, 0.15) is 0 Å². The summed E-state index contributed by atoms with van der Waals surface area (Å²) in [5.74, 6) is -0.672. The molecule has 2 aromatic carbocycles. The molecule has 0 heterocycles. The van der Waals surface area contributed by atoms with Gasteiger partial charge in [0, 0.05) is 28.9 Å². The molecule has 140 valence electrons. The lowest BCUT2D eigenvalue weighted by molar-refractivity contribution is -0.148. The summed E-state index contributed by atoms with van der Waals surface area (Å²) in [6.07, 6.45) is 1.29. The third kappa shape index (κ3) is 3.63. The van der Waals surface area contributed by atoms with Gasteiger partial charge in [-0.05, 0) is 25.8 Å². The van der Waals surface area contributed by atoms with Crippen molar-refractivity contribution < 1.29 is 19.1 Å². The first-order chi connectivity index (χ1) is 13.1. The molecule has 1 atom stereocenters. The van der Waals surface area contributed by atoms with Crippen LogP contribution in [0.15, 0.2) is 42.5 Å². The number of carbonyl (C=O) groups is 3. The Balaban J connectivity index is 1.80. The van der Waals surface area contributed by atoms with Crippen LogP contribution in [0.4, 0.5) is 5.69 Å². The fraction of sp³-hybridized carbons (Fsp3) is 0.318. The van der Waals surface area contributed by atoms with Crippen molar-refractivity contribution in [3.63, 3.8) is 0 Å². The molecule has 1 N–H and O–H groups in total. The molecule has 3 rings (SSSR count). The van der Waals surface area contributed by atoms with Gasteiger partial charge in [0.15, 0.2) is 11.6 Å². The summed E-state index contributed by atoms with van der Waals surface area (Å²) < 4.78 is 5.09. The van der Waals surface area contributed by atoms with Crippen molar-refractivity contribution in [1.29, 1.82) is 0 Å². The van der Waals surface area contributed by atoms with Crippen molar-refractivity contribution in [2.75, 3.05) is 18.5 Å². The molecule has 1 unspecified atom stereocenters. The number of rotatable bonds is 7. The highest BCUT2D eigenvalue weighted by molar-refractivity contribution is 6.30. The molecule has 0 saturated carbocycles. The highest BCUT2D eigenvalue weighted by Crippen LogP contribution is 2.32. The van der Waals surface area contributed by atoms with E-state index in [2.05, 4.69) is 5.32 Å². The molecule has 0 aromatic heterocycles. The highest BCUT2D eigenvalue weighted by Gasteiger charge is 2.31. The highest BCUT2D eigenvalue weighted by atomic mass is 16.5. The van der Waals surface area contributed by atoms with Crippen LogP contribution in [0.1, 0.15) is 58.5 Å². The molecule has 5 heteroatoms. The van der Waals surface area contributed by atoms with E-state index in [1.54, 1.807) is 49.4 Å². The zero-order chi connectivity index (χ0) is 19.4. The van der Waals surface area contributed by atoms with Crippen molar-refractivity contribution in [3.8, 4) is 0 Å². The zero-order valence-electron chi connectivity index (χ0n) is 15.6. The van der Waals surface area contributed by atoms with Gasteiger partial charge >= 0.3 is 5.97 Å². The molecule has 0 bridgehead atoms. The monoisotopic (exact) mass is 365 g/mol. The van der Waals surface area contributed by atoms with E-state index in [0.717, 1.165) is 0 Å². The second-order valence-electron chi connectivity index (χ2n) is 6.50. The van der Waals surface area contributed by atoms with Gasteiger partial charge in [-0.2, -0.15) is 0 Å². The van der Waals surface area contributed by atoms with Crippen molar-refractivity contribution in [2.45, 2.75) is 26.7 Å². The van der Waals surface area contributed by atoms with E-state index in [1.807, 2.05) is 6.92 Å². The van der Waals surface area contributed by atoms with Gasteiger partial charge in [0.2, 0.25) is 0 Å². The summed E-state index contributed by atoms with van der Waals surface area (Å²) in [6.45, 7) is 4.62. The maximum atomic E-state index is 13.0. The first-order valence-corrected chi connectivity index (χ1v) is 9.30. The molecular formula is C22H23NO4. The molecule has 1 aliphatic rings. The number of hydrogen-bond acceptors (Lipinski definition) is 5. The smallest absolute Gasteiger partial charge is 0.308 e. The van der Waals surface area contributed by atoms with E-state index >= 15 is 0 Å². The van der Waals surface area contributed by atoms with Crippen molar-refractivity contribution in [1.82, 2.24) is 0 Å². The maximum Gasteiger partial charge on any atom is 0.308 e. The molecule has 0 saturated heterocycles. The molecule has 1 aliphatic carbocycles. The standard InChI is InChI=1S/C22H23NO4/c1-3-14(22(26)27-4-2)12-13-23-18-11-7-10-17-19(18)21(25)16-9-6-5-8-15(16)20(17)24/h5-11,14,23H,3-4,12-13H2,1-2H3. The topological polar surface area (TPSA) is 72.5 Å². The van der Waals surface area contributed by atoms with Crippen LogP contribution in [0, 0.1) is 5.92 Å². The van der Waals surface area contributed by atoms with Crippen LogP contribution in [0.2, 0.25) is 0 Å². The van der Waals surface area contributed by atoms with Crippen molar-refractivity contribution >= 4 is 23.2 Å². The minimum atomic E-state index is -0.197. The summed E-state index contributed by atoms with van der Waals surface area (Å²) in [5.41, 5.74) is 2.33. The second-order valence-corrected chi connectivity index (χ2v) is 6.50. The van der Waals surface area contributed by atoms with E-state index in [9.17, 15) is 14.4 Å². The zero-order valence-corrected chi connectivity index (χ0v) is 15.6. The first-order valence-electron chi connectivity index (χ1n) is 9.30. The third-order valence-electron chi connectivity index (χ3n) is 4.87. The molecule has 0 spiro atoms. The third-order valence-corrected chi connectivity index (χ3v) is 4.87. The van der Waals surface area contributed by atoms with Gasteiger partial charge < -0.3 is 10.1 Å². The molecule has 0 radical (unpaired) electrons. The predicted molar refractivity (Wildman–Crippen MR) is 103 cm³/mol. The summed E-state index contributed by atoms with van der Waals surface area (Å²) in [7, 11) is 0. The van der Waals surface area contributed by atoms with Crippen LogP contribution < -0.4 is 5.32 Å². The van der Waals surface area contributed by atoms with Gasteiger partial charge in [-0.15, -0.1) is 0 Å². The van der Waals surface area contributed by atoms with E-state index < -0.39 is 0 Å². The minimum absolute atomic E-state index is 0.137. The average Bonchev–Trinajstić information content (AvgIpc) is 2.69. The van der Waals surface area contributed by atoms with Gasteiger partial charge in [0.05, 0.1) is 18.1 Å². The molecule has 5 nitrogen and oxygen atoms in total. The largest absolute Gasteiger partial charge is 0.466 e. The van der Waals surface area contributed by atoms with E-state index in [-0.39, 0.29) is 23.5 Å². The lowest BCUT2D eigenvalue weighted by Crippen LogP contribution is -2.24. The summed E-state index contributed by atoms with van der Waals surface area (Å²) in [6, 6.07) is 12.1. The number of ether oxygens (including phenoxy) is 1. The molecule has 0 fully saturated rings. The van der Waals surface area contributed by atoms with Crippen LogP contribution in [0.25, 0.3) is 0 Å². The van der Waals surface area contributed by atoms with Gasteiger partial charge in [-0.3, -0.25) is 14.4 Å². The predicted octanol–water partition coefficient (Wildman–Crippen LogP) is 3.85. The lowest BCUT2D eigenvalue weighted by Gasteiger charge is -2.21. The Morgan fingerprint density at radius 3 is 2.30 bits per heavy atom. The number of fused-ring (bicyclic) bond motifs is 2. The minimum Gasteiger partial charge on any atom is -0.466 e. The Morgan fingerprint density at radius 1 is 0.963 bits per heavy atom. The lowest BCUT2D eigenvalue weighted by atomic mass is 9.83. The number of anilines is 1. The number of carbonyl (C=O) groups excluding carboxylic acids is 3. The number of benzene rings is 2. The number of ketones is 2. The fourth-order valence-corrected chi connectivity index (χ4v) is 3.42. The van der Waals surface area contributed by atoms with E-state index in [0.29, 0.717) is 53.9 Å². The normalized spacial score (nSPS) is 13.6. The SMILES string of the molecule is CCOC(=O)C(CC)CCNc1cccc2c1C(=O)c1ccccc1C2=O. The van der Waals surface area contributed by atoms with Crippen LogP contribution in [0.5, 0.6) is 0 Å². The second kappa shape index (κ2) is 8.16. The Morgan fingerprint density at radius 2 is 1.63 bits per heavy atom. The van der Waals surface area contributed by atoms with Crippen molar-refractivity contribution in [2.24, 2.45) is 5.92 Å². The van der Waals surface area contributed by atoms with E-state index in [1.165, 1.54) is 0 Å². The number of nitrogens with one attached hydrogen (secondary N) is 1. The molecule has 27 heavy (non-hydrogen) atoms. The quantitative estimate of drug-likeness (QED) is 0.644. The molecule has 0 amide bonds. The van der Waals surface area contributed by atoms with Crippen LogP contribution in [0.3, 0.4) is 0 Å².